The molecule has 1 heterocycles. The summed E-state index contributed by atoms with van der Waals surface area (Å²) in [7, 11) is 1.62. The smallest absolute Gasteiger partial charge is 0.263 e. The van der Waals surface area contributed by atoms with Gasteiger partial charge in [0.15, 0.2) is 0 Å². The molecule has 1 amide bonds. The van der Waals surface area contributed by atoms with Crippen LogP contribution in [0.25, 0.3) is 0 Å². The summed E-state index contributed by atoms with van der Waals surface area (Å²) in [6.45, 7) is 2.51. The van der Waals surface area contributed by atoms with E-state index in [1.807, 2.05) is 6.26 Å². The van der Waals surface area contributed by atoms with Gasteiger partial charge in [0.2, 0.25) is 0 Å². The van der Waals surface area contributed by atoms with Crippen LogP contribution in [-0.2, 0) is 4.74 Å². The van der Waals surface area contributed by atoms with E-state index in [2.05, 4.69) is 10.6 Å². The molecule has 0 radical (unpaired) electrons. The van der Waals surface area contributed by atoms with E-state index in [1.165, 1.54) is 24.2 Å². The van der Waals surface area contributed by atoms with E-state index >= 15 is 0 Å². The van der Waals surface area contributed by atoms with Gasteiger partial charge < -0.3 is 21.1 Å². The molecule has 0 saturated heterocycles. The molecule has 2 rings (SSSR count). The molecule has 1 aromatic heterocycles. The van der Waals surface area contributed by atoms with Gasteiger partial charge in [-0.2, -0.15) is 0 Å². The van der Waals surface area contributed by atoms with Crippen molar-refractivity contribution in [3.8, 4) is 0 Å². The molecule has 0 atom stereocenters. The van der Waals surface area contributed by atoms with Crippen molar-refractivity contribution >= 4 is 39.7 Å². The average Bonchev–Trinajstić information content (AvgIpc) is 3.25. The van der Waals surface area contributed by atoms with E-state index in [0.717, 1.165) is 42.0 Å². The molecular formula is C14H23N3O2S2. The van der Waals surface area contributed by atoms with Gasteiger partial charge in [0.05, 0.1) is 10.6 Å². The second-order valence-electron chi connectivity index (χ2n) is 5.08. The van der Waals surface area contributed by atoms with Crippen LogP contribution in [0.4, 0.5) is 10.7 Å². The number of carbonyl (C=O) groups excluding carboxylic acids is 1. The number of anilines is 2. The minimum atomic E-state index is -0.131. The van der Waals surface area contributed by atoms with Crippen LogP contribution in [-0.4, -0.2) is 39.0 Å². The normalized spacial score (nSPS) is 14.2. The molecule has 5 nitrogen and oxygen atoms in total. The van der Waals surface area contributed by atoms with E-state index in [0.29, 0.717) is 10.6 Å². The lowest BCUT2D eigenvalue weighted by Crippen LogP contribution is -2.17. The van der Waals surface area contributed by atoms with Crippen molar-refractivity contribution in [3.63, 3.8) is 0 Å². The van der Waals surface area contributed by atoms with Gasteiger partial charge in [-0.15, -0.1) is 23.1 Å². The Kier molecular flexibility index (Phi) is 6.20. The maximum absolute atomic E-state index is 11.8. The number of carbonyl (C=O) groups is 1. The van der Waals surface area contributed by atoms with Crippen molar-refractivity contribution in [3.05, 3.63) is 4.88 Å². The summed E-state index contributed by atoms with van der Waals surface area (Å²) in [4.78, 5) is 13.3. The third-order valence-electron chi connectivity index (χ3n) is 3.34. The fraction of sp³-hybridized carbons (Fsp3) is 0.643. The van der Waals surface area contributed by atoms with Gasteiger partial charge in [0.1, 0.15) is 9.88 Å². The molecule has 0 aromatic carbocycles. The molecule has 7 heteroatoms. The Bertz CT molecular complexity index is 487. The van der Waals surface area contributed by atoms with Crippen LogP contribution in [0.3, 0.4) is 0 Å². The number of ether oxygens (including phenoxy) is 1. The number of amides is 1. The molecule has 1 fully saturated rings. The van der Waals surface area contributed by atoms with Gasteiger partial charge in [-0.05, 0) is 31.4 Å². The second kappa shape index (κ2) is 7.91. The predicted octanol–water partition coefficient (Wildman–Crippen LogP) is 2.64. The van der Waals surface area contributed by atoms with Crippen LogP contribution in [0.5, 0.6) is 0 Å². The lowest BCUT2D eigenvalue weighted by atomic mass is 10.3. The van der Waals surface area contributed by atoms with Crippen LogP contribution >= 0.6 is 23.1 Å². The molecule has 1 saturated carbocycles. The highest BCUT2D eigenvalue weighted by atomic mass is 32.2. The maximum Gasteiger partial charge on any atom is 0.263 e. The summed E-state index contributed by atoms with van der Waals surface area (Å²) in [6.07, 6.45) is 5.57. The molecule has 0 unspecified atom stereocenters. The Morgan fingerprint density at radius 3 is 2.90 bits per heavy atom. The lowest BCUT2D eigenvalue weighted by Gasteiger charge is -2.06. The lowest BCUT2D eigenvalue weighted by molar-refractivity contribution is 0.0968. The summed E-state index contributed by atoms with van der Waals surface area (Å²) in [5.41, 5.74) is 6.62. The van der Waals surface area contributed by atoms with Crippen molar-refractivity contribution in [1.29, 1.82) is 0 Å². The van der Waals surface area contributed by atoms with Crippen LogP contribution < -0.4 is 16.4 Å². The first-order valence-corrected chi connectivity index (χ1v) is 9.21. The monoisotopic (exact) mass is 329 g/mol. The van der Waals surface area contributed by atoms with Gasteiger partial charge in [0.25, 0.3) is 5.91 Å². The van der Waals surface area contributed by atoms with Crippen molar-refractivity contribution in [2.75, 3.05) is 44.1 Å². The zero-order valence-corrected chi connectivity index (χ0v) is 14.2. The zero-order chi connectivity index (χ0) is 15.2. The number of nitrogen functional groups attached to an aromatic ring is 1. The van der Waals surface area contributed by atoms with Crippen molar-refractivity contribution in [2.45, 2.75) is 24.2 Å². The zero-order valence-electron chi connectivity index (χ0n) is 12.5. The Morgan fingerprint density at radius 1 is 1.52 bits per heavy atom. The number of thioether (sulfide) groups is 1. The van der Waals surface area contributed by atoms with E-state index in [1.54, 1.807) is 18.8 Å². The van der Waals surface area contributed by atoms with E-state index in [9.17, 15) is 4.79 Å². The SMILES string of the molecule is CNC(=O)c1sc(NCCCOCC2CC2)c(SC)c1N. The Balaban J connectivity index is 1.81. The first kappa shape index (κ1) is 16.5. The molecule has 0 spiro atoms. The highest BCUT2D eigenvalue weighted by molar-refractivity contribution is 7.99. The minimum Gasteiger partial charge on any atom is -0.396 e. The summed E-state index contributed by atoms with van der Waals surface area (Å²) in [5, 5.41) is 6.96. The van der Waals surface area contributed by atoms with Gasteiger partial charge in [-0.25, -0.2) is 0 Å². The average molecular weight is 329 g/mol. The Labute approximate surface area is 134 Å². The molecular weight excluding hydrogens is 306 g/mol. The number of rotatable bonds is 9. The molecule has 0 aliphatic heterocycles. The second-order valence-corrected chi connectivity index (χ2v) is 6.92. The van der Waals surface area contributed by atoms with Crippen LogP contribution in [0.1, 0.15) is 28.9 Å². The van der Waals surface area contributed by atoms with E-state index in [-0.39, 0.29) is 5.91 Å². The summed E-state index contributed by atoms with van der Waals surface area (Å²) >= 11 is 2.98. The molecule has 1 aliphatic rings. The van der Waals surface area contributed by atoms with E-state index < -0.39 is 0 Å². The maximum atomic E-state index is 11.8. The Morgan fingerprint density at radius 2 is 2.29 bits per heavy atom. The molecule has 118 valence electrons. The quantitative estimate of drug-likeness (QED) is 0.480. The highest BCUT2D eigenvalue weighted by Gasteiger charge is 2.21. The van der Waals surface area contributed by atoms with Gasteiger partial charge >= 0.3 is 0 Å². The third-order valence-corrected chi connectivity index (χ3v) is 5.46. The molecule has 21 heavy (non-hydrogen) atoms. The van der Waals surface area contributed by atoms with Crippen LogP contribution in [0.15, 0.2) is 4.90 Å². The summed E-state index contributed by atoms with van der Waals surface area (Å²) in [5.74, 6) is 0.682. The van der Waals surface area contributed by atoms with Crippen molar-refractivity contribution in [2.24, 2.45) is 5.92 Å². The molecule has 1 aromatic rings. The number of hydrogen-bond donors (Lipinski definition) is 3. The van der Waals surface area contributed by atoms with Gasteiger partial charge in [-0.1, -0.05) is 0 Å². The van der Waals surface area contributed by atoms with Crippen molar-refractivity contribution < 1.29 is 9.53 Å². The number of nitrogens with one attached hydrogen (secondary N) is 2. The topological polar surface area (TPSA) is 76.4 Å². The van der Waals surface area contributed by atoms with Crippen LogP contribution in [0.2, 0.25) is 0 Å². The minimum absolute atomic E-state index is 0.131. The molecule has 0 bridgehead atoms. The summed E-state index contributed by atoms with van der Waals surface area (Å²) in [6, 6.07) is 0. The third kappa shape index (κ3) is 4.52. The Hall–Kier alpha value is -0.920. The predicted molar refractivity (Wildman–Crippen MR) is 90.6 cm³/mol. The highest BCUT2D eigenvalue weighted by Crippen LogP contribution is 2.41. The van der Waals surface area contributed by atoms with Crippen molar-refractivity contribution in [1.82, 2.24) is 5.32 Å². The standard InChI is InChI=1S/C14H23N3O2S2/c1-16-13(18)11-10(15)12(20-2)14(21-11)17-6-3-7-19-8-9-4-5-9/h9,17H,3-8,15H2,1-2H3,(H,16,18). The number of nitrogens with two attached hydrogens (primary N) is 1. The van der Waals surface area contributed by atoms with E-state index in [4.69, 9.17) is 10.5 Å². The van der Waals surface area contributed by atoms with Crippen LogP contribution in [0, 0.1) is 5.92 Å². The first-order chi connectivity index (χ1) is 10.2. The van der Waals surface area contributed by atoms with Gasteiger partial charge in [0, 0.05) is 26.8 Å². The first-order valence-electron chi connectivity index (χ1n) is 7.17. The fourth-order valence-electron chi connectivity index (χ4n) is 1.94. The molecule has 4 N–H and O–H groups in total. The van der Waals surface area contributed by atoms with Gasteiger partial charge in [-0.3, -0.25) is 4.79 Å². The largest absolute Gasteiger partial charge is 0.396 e. The fourth-order valence-corrected chi connectivity index (χ4v) is 3.95. The summed E-state index contributed by atoms with van der Waals surface area (Å²) < 4.78 is 5.61. The number of hydrogen-bond acceptors (Lipinski definition) is 6. The molecule has 1 aliphatic carbocycles. The number of thiophene rings is 1.